The average molecular weight is 509 g/mol. The Balaban J connectivity index is 0.00000420. The van der Waals surface area contributed by atoms with Gasteiger partial charge in [0.15, 0.2) is 5.96 Å². The number of carbonyl (C=O) groups excluding carboxylic acids is 2. The Morgan fingerprint density at radius 3 is 2.34 bits per heavy atom. The van der Waals surface area contributed by atoms with E-state index in [1.165, 1.54) is 0 Å². The molecule has 0 heterocycles. The summed E-state index contributed by atoms with van der Waals surface area (Å²) in [5.74, 6) is 0.344. The third kappa shape index (κ3) is 8.95. The van der Waals surface area contributed by atoms with Crippen LogP contribution >= 0.6 is 24.0 Å². The first kappa shape index (κ1) is 24.4. The summed E-state index contributed by atoms with van der Waals surface area (Å²) >= 11 is 0. The van der Waals surface area contributed by atoms with Crippen molar-refractivity contribution in [1.82, 2.24) is 21.3 Å². The topological polar surface area (TPSA) is 94.6 Å². The molecule has 4 N–H and O–H groups in total. The second-order valence-electron chi connectivity index (χ2n) is 6.14. The first-order chi connectivity index (χ1) is 13.6. The summed E-state index contributed by atoms with van der Waals surface area (Å²) in [6.45, 7) is 1.26. The molecule has 2 aromatic carbocycles. The third-order valence-electron chi connectivity index (χ3n) is 4.09. The number of guanidine groups is 1. The maximum absolute atomic E-state index is 12.0. The molecule has 2 amide bonds. The van der Waals surface area contributed by atoms with E-state index in [-0.39, 0.29) is 42.3 Å². The largest absolute Gasteiger partial charge is 0.356 e. The second-order valence-corrected chi connectivity index (χ2v) is 6.14. The molecule has 0 saturated carbocycles. The highest BCUT2D eigenvalue weighted by Crippen LogP contribution is 2.05. The zero-order chi connectivity index (χ0) is 20.2. The number of rotatable bonds is 8. The van der Waals surface area contributed by atoms with E-state index in [0.29, 0.717) is 24.6 Å². The van der Waals surface area contributed by atoms with E-state index in [4.69, 9.17) is 0 Å². The van der Waals surface area contributed by atoms with Gasteiger partial charge in [0.25, 0.3) is 5.91 Å². The third-order valence-corrected chi connectivity index (χ3v) is 4.09. The molecule has 0 aliphatic heterocycles. The minimum atomic E-state index is -0.106. The molecule has 0 aliphatic rings. The molecule has 0 aromatic heterocycles. The van der Waals surface area contributed by atoms with Gasteiger partial charge in [-0.2, -0.15) is 0 Å². The minimum Gasteiger partial charge on any atom is -0.356 e. The van der Waals surface area contributed by atoms with Crippen molar-refractivity contribution < 1.29 is 9.59 Å². The molecule has 0 fully saturated rings. The molecular weight excluding hydrogens is 481 g/mol. The molecule has 0 bridgehead atoms. The normalized spacial score (nSPS) is 10.5. The van der Waals surface area contributed by atoms with Crippen LogP contribution in [0.4, 0.5) is 0 Å². The predicted molar refractivity (Wildman–Crippen MR) is 127 cm³/mol. The maximum atomic E-state index is 12.0. The van der Waals surface area contributed by atoms with Crippen molar-refractivity contribution in [3.05, 3.63) is 71.3 Å². The average Bonchev–Trinajstić information content (AvgIpc) is 2.75. The lowest BCUT2D eigenvalue weighted by molar-refractivity contribution is -0.120. The Hall–Kier alpha value is -2.62. The Kier molecular flexibility index (Phi) is 11.4. The van der Waals surface area contributed by atoms with E-state index < -0.39 is 0 Å². The standard InChI is InChI=1S/C21H27N5O2.HI/c1-22-20(28)18-10-6-9-16(13-18)11-12-24-21(23-2)26-15-19(27)25-14-17-7-4-3-5-8-17;/h3-10,13H,11-12,14-15H2,1-2H3,(H,22,28)(H,25,27)(H2,23,24,26);1H. The van der Waals surface area contributed by atoms with Crippen LogP contribution in [0.15, 0.2) is 59.6 Å². The zero-order valence-corrected chi connectivity index (χ0v) is 19.0. The molecule has 29 heavy (non-hydrogen) atoms. The quantitative estimate of drug-likeness (QED) is 0.248. The van der Waals surface area contributed by atoms with E-state index in [1.807, 2.05) is 48.5 Å². The Morgan fingerprint density at radius 2 is 1.66 bits per heavy atom. The molecule has 0 unspecified atom stereocenters. The smallest absolute Gasteiger partial charge is 0.251 e. The first-order valence-electron chi connectivity index (χ1n) is 9.18. The summed E-state index contributed by atoms with van der Waals surface area (Å²) in [5.41, 5.74) is 2.74. The summed E-state index contributed by atoms with van der Waals surface area (Å²) in [7, 11) is 3.27. The zero-order valence-electron chi connectivity index (χ0n) is 16.7. The summed E-state index contributed by atoms with van der Waals surface area (Å²) < 4.78 is 0. The number of hydrogen-bond donors (Lipinski definition) is 4. The predicted octanol–water partition coefficient (Wildman–Crippen LogP) is 1.69. The van der Waals surface area contributed by atoms with Crippen LogP contribution in [0.25, 0.3) is 0 Å². The van der Waals surface area contributed by atoms with Gasteiger partial charge in [-0.25, -0.2) is 0 Å². The van der Waals surface area contributed by atoms with Crippen LogP contribution < -0.4 is 21.3 Å². The van der Waals surface area contributed by atoms with Gasteiger partial charge in [0, 0.05) is 32.7 Å². The lowest BCUT2D eigenvalue weighted by Gasteiger charge is -2.12. The number of hydrogen-bond acceptors (Lipinski definition) is 3. The molecule has 8 heteroatoms. The summed E-state index contributed by atoms with van der Waals surface area (Å²) in [5, 5.41) is 11.6. The Morgan fingerprint density at radius 1 is 0.931 bits per heavy atom. The van der Waals surface area contributed by atoms with Gasteiger partial charge in [-0.05, 0) is 29.7 Å². The van der Waals surface area contributed by atoms with Crippen molar-refractivity contribution in [2.75, 3.05) is 27.2 Å². The minimum absolute atomic E-state index is 0. The number of benzene rings is 2. The Labute approximate surface area is 188 Å². The summed E-state index contributed by atoms with van der Waals surface area (Å²) in [4.78, 5) is 27.8. The molecule has 2 rings (SSSR count). The second kappa shape index (κ2) is 13.5. The lowest BCUT2D eigenvalue weighted by atomic mass is 10.1. The molecule has 0 aliphatic carbocycles. The van der Waals surface area contributed by atoms with E-state index >= 15 is 0 Å². The van der Waals surface area contributed by atoms with E-state index in [2.05, 4.69) is 26.3 Å². The molecule has 0 atom stereocenters. The number of aliphatic imine (C=N–C) groups is 1. The molecule has 0 radical (unpaired) electrons. The Bertz CT molecular complexity index is 812. The van der Waals surface area contributed by atoms with Gasteiger partial charge in [-0.15, -0.1) is 24.0 Å². The highest BCUT2D eigenvalue weighted by Gasteiger charge is 2.05. The van der Waals surface area contributed by atoms with Crippen molar-refractivity contribution in [3.63, 3.8) is 0 Å². The maximum Gasteiger partial charge on any atom is 0.251 e. The molecule has 0 saturated heterocycles. The van der Waals surface area contributed by atoms with Crippen molar-refractivity contribution in [2.45, 2.75) is 13.0 Å². The van der Waals surface area contributed by atoms with Crippen LogP contribution in [0.2, 0.25) is 0 Å². The van der Waals surface area contributed by atoms with E-state index in [1.54, 1.807) is 20.2 Å². The first-order valence-corrected chi connectivity index (χ1v) is 9.18. The van der Waals surface area contributed by atoms with Gasteiger partial charge in [-0.1, -0.05) is 42.5 Å². The van der Waals surface area contributed by atoms with Gasteiger partial charge in [0.1, 0.15) is 0 Å². The fourth-order valence-electron chi connectivity index (χ4n) is 2.58. The van der Waals surface area contributed by atoms with Crippen LogP contribution in [0.1, 0.15) is 21.5 Å². The number of carbonyl (C=O) groups is 2. The van der Waals surface area contributed by atoms with Gasteiger partial charge < -0.3 is 21.3 Å². The SMILES string of the molecule is CN=C(NCCc1cccc(C(=O)NC)c1)NCC(=O)NCc1ccccc1.I. The monoisotopic (exact) mass is 509 g/mol. The van der Waals surface area contributed by atoms with Crippen molar-refractivity contribution in [1.29, 1.82) is 0 Å². The van der Waals surface area contributed by atoms with Crippen LogP contribution in [0.5, 0.6) is 0 Å². The van der Waals surface area contributed by atoms with E-state index in [0.717, 1.165) is 17.5 Å². The fraction of sp³-hybridized carbons (Fsp3) is 0.286. The molecular formula is C21H28IN5O2. The number of nitrogens with zero attached hydrogens (tertiary/aromatic N) is 1. The highest BCUT2D eigenvalue weighted by molar-refractivity contribution is 14.0. The van der Waals surface area contributed by atoms with Crippen molar-refractivity contribution in [3.8, 4) is 0 Å². The molecule has 7 nitrogen and oxygen atoms in total. The van der Waals surface area contributed by atoms with E-state index in [9.17, 15) is 9.59 Å². The van der Waals surface area contributed by atoms with Crippen LogP contribution in [0, 0.1) is 0 Å². The number of halogens is 1. The van der Waals surface area contributed by atoms with Gasteiger partial charge in [0.05, 0.1) is 6.54 Å². The summed E-state index contributed by atoms with van der Waals surface area (Å²) in [6, 6.07) is 17.2. The summed E-state index contributed by atoms with van der Waals surface area (Å²) in [6.07, 6.45) is 0.728. The van der Waals surface area contributed by atoms with Crippen molar-refractivity contribution in [2.24, 2.45) is 4.99 Å². The fourth-order valence-corrected chi connectivity index (χ4v) is 2.58. The highest BCUT2D eigenvalue weighted by atomic mass is 127. The lowest BCUT2D eigenvalue weighted by Crippen LogP contribution is -2.43. The van der Waals surface area contributed by atoms with Crippen molar-refractivity contribution >= 4 is 41.8 Å². The van der Waals surface area contributed by atoms with Gasteiger partial charge in [-0.3, -0.25) is 14.6 Å². The number of nitrogens with one attached hydrogen (secondary N) is 4. The van der Waals surface area contributed by atoms with Gasteiger partial charge in [0.2, 0.25) is 5.91 Å². The van der Waals surface area contributed by atoms with Crippen LogP contribution in [0.3, 0.4) is 0 Å². The number of amides is 2. The molecule has 0 spiro atoms. The molecule has 156 valence electrons. The van der Waals surface area contributed by atoms with Crippen LogP contribution in [-0.4, -0.2) is 45.0 Å². The molecule has 2 aromatic rings. The van der Waals surface area contributed by atoms with Crippen LogP contribution in [-0.2, 0) is 17.8 Å². The van der Waals surface area contributed by atoms with Gasteiger partial charge >= 0.3 is 0 Å².